The summed E-state index contributed by atoms with van der Waals surface area (Å²) in [5.74, 6) is 0. The summed E-state index contributed by atoms with van der Waals surface area (Å²) in [6, 6.07) is 1.38. The van der Waals surface area contributed by atoms with Crippen LogP contribution in [-0.2, 0) is 13.1 Å². The summed E-state index contributed by atoms with van der Waals surface area (Å²) < 4.78 is 3.21. The third-order valence-electron chi connectivity index (χ3n) is 1.81. The second-order valence-electron chi connectivity index (χ2n) is 2.83. The molecule has 1 aromatic heterocycles. The summed E-state index contributed by atoms with van der Waals surface area (Å²) in [7, 11) is 0. The minimum atomic E-state index is -0.305. The van der Waals surface area contributed by atoms with Crippen LogP contribution < -0.4 is 11.2 Å². The maximum atomic E-state index is 11.6. The van der Waals surface area contributed by atoms with Gasteiger partial charge in [0.15, 0.2) is 0 Å². The van der Waals surface area contributed by atoms with E-state index in [9.17, 15) is 9.59 Å². The molecule has 0 radical (unpaired) electrons. The first kappa shape index (κ1) is 11.0. The first-order valence-electron chi connectivity index (χ1n) is 4.19. The molecule has 0 spiro atoms. The van der Waals surface area contributed by atoms with Gasteiger partial charge in [0.2, 0.25) is 0 Å². The van der Waals surface area contributed by atoms with Gasteiger partial charge in [-0.25, -0.2) is 4.79 Å². The quantitative estimate of drug-likeness (QED) is 0.810. The Balaban J connectivity index is 3.33. The summed E-state index contributed by atoms with van der Waals surface area (Å²) in [4.78, 5) is 23.0. The zero-order valence-electron chi connectivity index (χ0n) is 7.86. The SMILES string of the molecule is C=C(Br)Cn1c(=O)ccn(CC)c1=O. The number of hydrogen-bond acceptors (Lipinski definition) is 2. The molecular weight excluding hydrogens is 248 g/mol. The van der Waals surface area contributed by atoms with E-state index in [0.717, 1.165) is 4.57 Å². The van der Waals surface area contributed by atoms with Gasteiger partial charge in [-0.05, 0) is 6.92 Å². The Hall–Kier alpha value is -1.10. The summed E-state index contributed by atoms with van der Waals surface area (Å²) in [5.41, 5.74) is -0.610. The van der Waals surface area contributed by atoms with Crippen molar-refractivity contribution >= 4 is 15.9 Å². The van der Waals surface area contributed by atoms with Crippen LogP contribution in [0.15, 0.2) is 32.9 Å². The van der Waals surface area contributed by atoms with Crippen molar-refractivity contribution in [2.75, 3.05) is 0 Å². The Morgan fingerprint density at radius 1 is 1.57 bits per heavy atom. The average molecular weight is 259 g/mol. The van der Waals surface area contributed by atoms with Crippen LogP contribution in [0.3, 0.4) is 0 Å². The molecule has 5 heteroatoms. The van der Waals surface area contributed by atoms with Crippen LogP contribution in [-0.4, -0.2) is 9.13 Å². The topological polar surface area (TPSA) is 44.0 Å². The number of aromatic nitrogens is 2. The van der Waals surface area contributed by atoms with Gasteiger partial charge in [-0.3, -0.25) is 9.36 Å². The van der Waals surface area contributed by atoms with Crippen molar-refractivity contribution in [2.45, 2.75) is 20.0 Å². The van der Waals surface area contributed by atoms with Crippen molar-refractivity contribution in [3.8, 4) is 0 Å². The standard InChI is InChI=1S/C9H11BrN2O2/c1-3-11-5-4-8(13)12(9(11)14)6-7(2)10/h4-5H,2-3,6H2,1H3. The Morgan fingerprint density at radius 3 is 2.71 bits per heavy atom. The average Bonchev–Trinajstić information content (AvgIpc) is 2.12. The molecule has 14 heavy (non-hydrogen) atoms. The van der Waals surface area contributed by atoms with Gasteiger partial charge in [0.1, 0.15) is 0 Å². The van der Waals surface area contributed by atoms with Crippen LogP contribution >= 0.6 is 15.9 Å². The fourth-order valence-electron chi connectivity index (χ4n) is 1.11. The zero-order valence-corrected chi connectivity index (χ0v) is 9.45. The van der Waals surface area contributed by atoms with E-state index in [1.165, 1.54) is 16.8 Å². The molecule has 0 aromatic carbocycles. The van der Waals surface area contributed by atoms with E-state index in [0.29, 0.717) is 11.0 Å². The van der Waals surface area contributed by atoms with Crippen LogP contribution in [0.1, 0.15) is 6.92 Å². The van der Waals surface area contributed by atoms with Gasteiger partial charge in [0.25, 0.3) is 5.56 Å². The predicted molar refractivity (Wildman–Crippen MR) is 58.7 cm³/mol. The molecule has 1 rings (SSSR count). The Kier molecular flexibility index (Phi) is 3.46. The van der Waals surface area contributed by atoms with E-state index in [-0.39, 0.29) is 17.8 Å². The minimum Gasteiger partial charge on any atom is -0.301 e. The third-order valence-corrected chi connectivity index (χ3v) is 2.06. The molecule has 4 nitrogen and oxygen atoms in total. The van der Waals surface area contributed by atoms with Crippen LogP contribution in [0, 0.1) is 0 Å². The van der Waals surface area contributed by atoms with Crippen molar-refractivity contribution in [1.82, 2.24) is 9.13 Å². The molecule has 0 unspecified atom stereocenters. The normalized spacial score (nSPS) is 10.1. The molecule has 0 saturated heterocycles. The van der Waals surface area contributed by atoms with E-state index in [1.54, 1.807) is 0 Å². The van der Waals surface area contributed by atoms with Crippen molar-refractivity contribution in [2.24, 2.45) is 0 Å². The number of aryl methyl sites for hydroxylation is 1. The van der Waals surface area contributed by atoms with Gasteiger partial charge in [-0.2, -0.15) is 0 Å². The number of halogens is 1. The molecular formula is C9H11BrN2O2. The van der Waals surface area contributed by atoms with Gasteiger partial charge in [0.05, 0.1) is 6.54 Å². The van der Waals surface area contributed by atoms with Crippen molar-refractivity contribution in [3.63, 3.8) is 0 Å². The van der Waals surface area contributed by atoms with Gasteiger partial charge < -0.3 is 4.57 Å². The molecule has 76 valence electrons. The summed E-state index contributed by atoms with van der Waals surface area (Å²) >= 11 is 3.12. The molecule has 0 atom stereocenters. The third kappa shape index (κ3) is 2.23. The Morgan fingerprint density at radius 2 is 2.21 bits per heavy atom. The lowest BCUT2D eigenvalue weighted by molar-refractivity contribution is 0.604. The highest BCUT2D eigenvalue weighted by atomic mass is 79.9. The lowest BCUT2D eigenvalue weighted by Gasteiger charge is -2.06. The number of hydrogen-bond donors (Lipinski definition) is 0. The minimum absolute atomic E-state index is 0.207. The molecule has 1 heterocycles. The monoisotopic (exact) mass is 258 g/mol. The van der Waals surface area contributed by atoms with Gasteiger partial charge in [-0.15, -0.1) is 0 Å². The summed E-state index contributed by atoms with van der Waals surface area (Å²) in [5, 5.41) is 0. The lowest BCUT2D eigenvalue weighted by atomic mass is 10.5. The maximum Gasteiger partial charge on any atom is 0.331 e. The Labute approximate surface area is 89.6 Å². The number of nitrogens with zero attached hydrogens (tertiary/aromatic N) is 2. The van der Waals surface area contributed by atoms with Gasteiger partial charge >= 0.3 is 5.69 Å². The molecule has 0 aliphatic carbocycles. The smallest absolute Gasteiger partial charge is 0.301 e. The second kappa shape index (κ2) is 4.41. The van der Waals surface area contributed by atoms with E-state index in [2.05, 4.69) is 22.5 Å². The fourth-order valence-corrected chi connectivity index (χ4v) is 1.37. The van der Waals surface area contributed by atoms with E-state index < -0.39 is 0 Å². The first-order chi connectivity index (χ1) is 6.56. The van der Waals surface area contributed by atoms with E-state index in [1.807, 2.05) is 6.92 Å². The fraction of sp³-hybridized carbons (Fsp3) is 0.333. The molecule has 0 amide bonds. The van der Waals surface area contributed by atoms with Crippen molar-refractivity contribution in [3.05, 3.63) is 44.2 Å². The molecule has 0 bridgehead atoms. The maximum absolute atomic E-state index is 11.6. The number of allylic oxidation sites excluding steroid dienone is 1. The van der Waals surface area contributed by atoms with Crippen LogP contribution in [0.4, 0.5) is 0 Å². The second-order valence-corrected chi connectivity index (χ2v) is 3.95. The van der Waals surface area contributed by atoms with Gasteiger partial charge in [-0.1, -0.05) is 22.5 Å². The van der Waals surface area contributed by atoms with Crippen molar-refractivity contribution < 1.29 is 0 Å². The summed E-state index contributed by atoms with van der Waals surface area (Å²) in [6.07, 6.45) is 1.50. The molecule has 0 fully saturated rings. The highest BCUT2D eigenvalue weighted by Crippen LogP contribution is 2.00. The Bertz CT molecular complexity index is 459. The largest absolute Gasteiger partial charge is 0.331 e. The molecule has 0 aliphatic heterocycles. The van der Waals surface area contributed by atoms with Crippen molar-refractivity contribution in [1.29, 1.82) is 0 Å². The molecule has 0 saturated carbocycles. The van der Waals surface area contributed by atoms with Crippen LogP contribution in [0.25, 0.3) is 0 Å². The molecule has 1 aromatic rings. The first-order valence-corrected chi connectivity index (χ1v) is 4.99. The molecule has 0 N–H and O–H groups in total. The zero-order chi connectivity index (χ0) is 10.7. The van der Waals surface area contributed by atoms with Gasteiger partial charge in [0, 0.05) is 23.3 Å². The molecule has 0 aliphatic rings. The van der Waals surface area contributed by atoms with Crippen LogP contribution in [0.5, 0.6) is 0 Å². The highest BCUT2D eigenvalue weighted by Gasteiger charge is 2.03. The van der Waals surface area contributed by atoms with E-state index >= 15 is 0 Å². The lowest BCUT2D eigenvalue weighted by Crippen LogP contribution is -2.38. The highest BCUT2D eigenvalue weighted by molar-refractivity contribution is 9.11. The van der Waals surface area contributed by atoms with Crippen LogP contribution in [0.2, 0.25) is 0 Å². The number of rotatable bonds is 3. The predicted octanol–water partition coefficient (Wildman–Crippen LogP) is 0.938. The summed E-state index contributed by atoms with van der Waals surface area (Å²) in [6.45, 7) is 6.20. The van der Waals surface area contributed by atoms with E-state index in [4.69, 9.17) is 0 Å².